The highest BCUT2D eigenvalue weighted by atomic mass is 19.1. The van der Waals surface area contributed by atoms with Crippen LogP contribution in [0.4, 0.5) is 4.39 Å². The predicted octanol–water partition coefficient (Wildman–Crippen LogP) is 3.13. The van der Waals surface area contributed by atoms with E-state index in [4.69, 9.17) is 0 Å². The lowest BCUT2D eigenvalue weighted by Crippen LogP contribution is -2.41. The molecule has 0 aliphatic heterocycles. The Labute approximate surface area is 147 Å². The number of aliphatic hydroxyl groups is 1. The highest BCUT2D eigenvalue weighted by Gasteiger charge is 2.57. The number of carbonyl (C=O) groups is 2. The Balaban J connectivity index is 1.79. The summed E-state index contributed by atoms with van der Waals surface area (Å²) in [6, 6.07) is 13.9. The van der Waals surface area contributed by atoms with E-state index in [1.54, 1.807) is 36.5 Å². The molecule has 4 nitrogen and oxygen atoms in total. The second-order valence-electron chi connectivity index (χ2n) is 6.56. The number of Topliss-reactive ketones (excluding diaryl/α,β-unsaturated/α-hetero) is 2. The van der Waals surface area contributed by atoms with E-state index >= 15 is 0 Å². The van der Waals surface area contributed by atoms with Gasteiger partial charge in [0.05, 0.1) is 5.69 Å². The number of fused-ring (bicyclic) bond motifs is 4. The minimum absolute atomic E-state index is 0.0169. The van der Waals surface area contributed by atoms with Crippen molar-refractivity contribution < 1.29 is 19.1 Å². The summed E-state index contributed by atoms with van der Waals surface area (Å²) < 4.78 is 13.6. The van der Waals surface area contributed by atoms with Crippen molar-refractivity contribution >= 4 is 11.6 Å². The maximum Gasteiger partial charge on any atom is 0.178 e. The monoisotopic (exact) mass is 345 g/mol. The molecule has 2 aromatic carbocycles. The Morgan fingerprint density at radius 3 is 2.46 bits per heavy atom. The number of halogens is 1. The van der Waals surface area contributed by atoms with Crippen LogP contribution in [0.5, 0.6) is 0 Å². The maximum absolute atomic E-state index is 13.6. The van der Waals surface area contributed by atoms with E-state index in [0.29, 0.717) is 22.4 Å². The van der Waals surface area contributed by atoms with Gasteiger partial charge in [0.15, 0.2) is 11.6 Å². The van der Waals surface area contributed by atoms with E-state index in [9.17, 15) is 19.1 Å². The van der Waals surface area contributed by atoms with Crippen molar-refractivity contribution in [2.24, 2.45) is 5.92 Å². The quantitative estimate of drug-likeness (QED) is 0.688. The van der Waals surface area contributed by atoms with Crippen LogP contribution in [-0.4, -0.2) is 21.7 Å². The fourth-order valence-electron chi connectivity index (χ4n) is 4.15. The lowest BCUT2D eigenvalue weighted by molar-refractivity contribution is 0.0252. The molecule has 2 unspecified atom stereocenters. The molecular weight excluding hydrogens is 333 g/mol. The number of hydrogen-bond acceptors (Lipinski definition) is 4. The second kappa shape index (κ2) is 4.93. The molecule has 0 saturated carbocycles. The first-order chi connectivity index (χ1) is 12.5. The summed E-state index contributed by atoms with van der Waals surface area (Å²) in [7, 11) is 0. The summed E-state index contributed by atoms with van der Waals surface area (Å²) in [4.78, 5) is 30.3. The number of ketones is 2. The molecule has 126 valence electrons. The number of rotatable bonds is 1. The van der Waals surface area contributed by atoms with Crippen LogP contribution in [-0.2, 0) is 5.60 Å². The normalized spacial score (nSPS) is 22.9. The average molecular weight is 345 g/mol. The summed E-state index contributed by atoms with van der Waals surface area (Å²) in [6.45, 7) is 0. The number of nitrogens with zero attached hydrogens (tertiary/aromatic N) is 1. The van der Waals surface area contributed by atoms with Crippen molar-refractivity contribution in [1.29, 1.82) is 0 Å². The first kappa shape index (κ1) is 15.1. The van der Waals surface area contributed by atoms with E-state index in [2.05, 4.69) is 4.98 Å². The van der Waals surface area contributed by atoms with Crippen LogP contribution in [0, 0.1) is 11.7 Å². The van der Waals surface area contributed by atoms with Crippen LogP contribution in [0.3, 0.4) is 0 Å². The Morgan fingerprint density at radius 2 is 1.62 bits per heavy atom. The van der Waals surface area contributed by atoms with E-state index in [1.807, 2.05) is 6.07 Å². The maximum atomic E-state index is 13.6. The minimum atomic E-state index is -1.83. The van der Waals surface area contributed by atoms with Crippen LogP contribution in [0.15, 0.2) is 60.8 Å². The molecule has 0 saturated heterocycles. The molecule has 1 aromatic heterocycles. The van der Waals surface area contributed by atoms with Crippen LogP contribution < -0.4 is 0 Å². The molecule has 0 bridgehead atoms. The zero-order valence-electron chi connectivity index (χ0n) is 13.4. The molecule has 5 rings (SSSR count). The number of aromatic nitrogens is 1. The first-order valence-corrected chi connectivity index (χ1v) is 8.19. The minimum Gasteiger partial charge on any atom is -0.379 e. The van der Waals surface area contributed by atoms with Crippen molar-refractivity contribution in [2.75, 3.05) is 0 Å². The summed E-state index contributed by atoms with van der Waals surface area (Å²) in [5.41, 5.74) is 0.452. The number of carbonyl (C=O) groups excluding carboxylic acids is 2. The van der Waals surface area contributed by atoms with Crippen molar-refractivity contribution in [3.05, 3.63) is 88.9 Å². The van der Waals surface area contributed by atoms with Crippen LogP contribution >= 0.6 is 0 Å². The van der Waals surface area contributed by atoms with E-state index < -0.39 is 28.9 Å². The van der Waals surface area contributed by atoms with Gasteiger partial charge in [-0.1, -0.05) is 30.3 Å². The lowest BCUT2D eigenvalue weighted by atomic mass is 9.77. The predicted molar refractivity (Wildman–Crippen MR) is 91.2 cm³/mol. The zero-order chi connectivity index (χ0) is 18.1. The smallest absolute Gasteiger partial charge is 0.178 e. The molecular formula is C21H12FNO3. The number of pyridine rings is 1. The van der Waals surface area contributed by atoms with Crippen LogP contribution in [0.25, 0.3) is 11.3 Å². The lowest BCUT2D eigenvalue weighted by Gasteiger charge is -2.29. The van der Waals surface area contributed by atoms with Gasteiger partial charge in [0.2, 0.25) is 0 Å². The van der Waals surface area contributed by atoms with Gasteiger partial charge in [-0.3, -0.25) is 14.6 Å². The summed E-state index contributed by atoms with van der Waals surface area (Å²) in [5.74, 6) is -3.02. The topological polar surface area (TPSA) is 67.3 Å². The highest BCUT2D eigenvalue weighted by Crippen LogP contribution is 2.53. The molecule has 1 heterocycles. The largest absolute Gasteiger partial charge is 0.379 e. The molecule has 3 aromatic rings. The third-order valence-electron chi connectivity index (χ3n) is 5.27. The molecule has 0 radical (unpaired) electrons. The summed E-state index contributed by atoms with van der Waals surface area (Å²) >= 11 is 0. The van der Waals surface area contributed by atoms with Gasteiger partial charge < -0.3 is 5.11 Å². The summed E-state index contributed by atoms with van der Waals surface area (Å²) in [6.07, 6.45) is 1.60. The molecule has 5 heteroatoms. The fraction of sp³-hybridized carbons (Fsp3) is 0.0952. The van der Waals surface area contributed by atoms with Crippen LogP contribution in [0.1, 0.15) is 31.8 Å². The Kier molecular flexibility index (Phi) is 2.86. The van der Waals surface area contributed by atoms with E-state index in [-0.39, 0.29) is 11.1 Å². The molecule has 0 amide bonds. The number of benzene rings is 2. The highest BCUT2D eigenvalue weighted by molar-refractivity contribution is 6.27. The Hall–Kier alpha value is -3.18. The molecule has 2 aliphatic carbocycles. The van der Waals surface area contributed by atoms with Gasteiger partial charge in [-0.2, -0.15) is 0 Å². The molecule has 2 aliphatic rings. The second-order valence-corrected chi connectivity index (χ2v) is 6.56. The Morgan fingerprint density at radius 1 is 0.885 bits per heavy atom. The van der Waals surface area contributed by atoms with Crippen LogP contribution in [0.2, 0.25) is 0 Å². The third kappa shape index (κ3) is 1.68. The van der Waals surface area contributed by atoms with E-state index in [1.165, 1.54) is 6.07 Å². The standard InChI is InChI=1S/C21H12FNO3/c22-11-7-8-12-14(10-11)20(25)17(19(12)24)21(26)15-5-2-1-4-13(15)18-16(21)6-3-9-23-18/h1-10,17,26H. The molecule has 26 heavy (non-hydrogen) atoms. The first-order valence-electron chi connectivity index (χ1n) is 8.19. The molecule has 2 atom stereocenters. The fourth-order valence-corrected chi connectivity index (χ4v) is 4.15. The van der Waals surface area contributed by atoms with Gasteiger partial charge in [0.1, 0.15) is 17.3 Å². The van der Waals surface area contributed by atoms with E-state index in [0.717, 1.165) is 12.1 Å². The Bertz CT molecular complexity index is 1080. The number of hydrogen-bond donors (Lipinski definition) is 1. The van der Waals surface area contributed by atoms with Gasteiger partial charge in [0, 0.05) is 28.5 Å². The zero-order valence-corrected chi connectivity index (χ0v) is 13.4. The van der Waals surface area contributed by atoms with Crippen molar-refractivity contribution in [1.82, 2.24) is 4.98 Å². The average Bonchev–Trinajstić information content (AvgIpc) is 3.06. The van der Waals surface area contributed by atoms with Gasteiger partial charge in [-0.05, 0) is 29.8 Å². The van der Waals surface area contributed by atoms with Crippen molar-refractivity contribution in [2.45, 2.75) is 5.60 Å². The molecule has 1 N–H and O–H groups in total. The molecule has 0 spiro atoms. The SMILES string of the molecule is O=C1c2ccc(F)cc2C(=O)C1C1(O)c2ccccc2-c2ncccc21. The van der Waals surface area contributed by atoms with Gasteiger partial charge in [0.25, 0.3) is 0 Å². The van der Waals surface area contributed by atoms with Crippen molar-refractivity contribution in [3.8, 4) is 11.3 Å². The summed E-state index contributed by atoms with van der Waals surface area (Å²) in [5, 5.41) is 11.7. The van der Waals surface area contributed by atoms with Crippen molar-refractivity contribution in [3.63, 3.8) is 0 Å². The third-order valence-corrected chi connectivity index (χ3v) is 5.27. The van der Waals surface area contributed by atoms with Gasteiger partial charge in [-0.15, -0.1) is 0 Å². The van der Waals surface area contributed by atoms with Gasteiger partial charge >= 0.3 is 0 Å². The van der Waals surface area contributed by atoms with Gasteiger partial charge in [-0.25, -0.2) is 4.39 Å². The molecule has 0 fully saturated rings.